The van der Waals surface area contributed by atoms with Crippen LogP contribution < -0.4 is 5.32 Å². The van der Waals surface area contributed by atoms with Crippen molar-refractivity contribution >= 4 is 18.0 Å². The summed E-state index contributed by atoms with van der Waals surface area (Å²) in [7, 11) is 0. The number of para-hydroxylation sites is 1. The van der Waals surface area contributed by atoms with Crippen LogP contribution in [0.5, 0.6) is 0 Å². The quantitative estimate of drug-likeness (QED) is 0.464. The van der Waals surface area contributed by atoms with Crippen LogP contribution in [0.25, 0.3) is 11.8 Å². The van der Waals surface area contributed by atoms with E-state index in [1.54, 1.807) is 18.2 Å². The number of aryl methyl sites for hydroxylation is 1. The number of amides is 1. The summed E-state index contributed by atoms with van der Waals surface area (Å²) in [6.45, 7) is 5.50. The van der Waals surface area contributed by atoms with E-state index in [0.29, 0.717) is 0 Å². The number of halogens is 1. The van der Waals surface area contributed by atoms with E-state index < -0.39 is 18.0 Å². The summed E-state index contributed by atoms with van der Waals surface area (Å²) in [6.07, 6.45) is 1.96. The molecule has 2 aromatic carbocycles. The number of hydrogen-bond donors (Lipinski definition) is 1. The van der Waals surface area contributed by atoms with Crippen LogP contribution in [-0.2, 0) is 20.9 Å². The monoisotopic (exact) mass is 421 g/mol. The van der Waals surface area contributed by atoms with Gasteiger partial charge in [-0.2, -0.15) is 5.10 Å². The second kappa shape index (κ2) is 9.84. The van der Waals surface area contributed by atoms with E-state index >= 15 is 0 Å². The lowest BCUT2D eigenvalue weighted by atomic mass is 10.2. The summed E-state index contributed by atoms with van der Waals surface area (Å²) >= 11 is 0. The van der Waals surface area contributed by atoms with Crippen molar-refractivity contribution < 1.29 is 18.7 Å². The largest absolute Gasteiger partial charge is 0.449 e. The van der Waals surface area contributed by atoms with Crippen LogP contribution in [0.4, 0.5) is 4.39 Å². The minimum absolute atomic E-state index is 0.216. The number of benzene rings is 2. The molecule has 160 valence electrons. The average Bonchev–Trinajstić information content (AvgIpc) is 3.05. The van der Waals surface area contributed by atoms with Gasteiger partial charge in [-0.15, -0.1) is 0 Å². The maximum absolute atomic E-state index is 12.9. The molecule has 0 aliphatic carbocycles. The normalized spacial score (nSPS) is 12.0. The lowest BCUT2D eigenvalue weighted by molar-refractivity contribution is -0.150. The van der Waals surface area contributed by atoms with Gasteiger partial charge in [-0.25, -0.2) is 13.9 Å². The molecule has 0 aliphatic rings. The van der Waals surface area contributed by atoms with Gasteiger partial charge >= 0.3 is 5.97 Å². The fourth-order valence-corrected chi connectivity index (χ4v) is 3.07. The Morgan fingerprint density at radius 3 is 2.48 bits per heavy atom. The second-order valence-corrected chi connectivity index (χ2v) is 7.09. The first-order valence-electron chi connectivity index (χ1n) is 9.87. The Bertz CT molecular complexity index is 1090. The number of esters is 1. The van der Waals surface area contributed by atoms with E-state index in [9.17, 15) is 14.0 Å². The number of carbonyl (C=O) groups is 2. The molecule has 1 atom stereocenters. The Hall–Kier alpha value is -3.74. The van der Waals surface area contributed by atoms with E-state index in [2.05, 4.69) is 10.4 Å². The summed E-state index contributed by atoms with van der Waals surface area (Å²) in [6, 6.07) is 15.5. The number of nitrogens with one attached hydrogen (secondary N) is 1. The molecule has 6 nitrogen and oxygen atoms in total. The number of hydrogen-bond acceptors (Lipinski definition) is 4. The molecule has 0 saturated heterocycles. The standard InChI is InChI=1S/C24H24FN3O3/c1-16-22(17(2)28(27-16)21-7-5-4-6-8-21)13-14-23(29)31-18(3)24(30)26-15-19-9-11-20(25)12-10-19/h4-14,18H,15H2,1-3H3,(H,26,30)/b14-13+/t18-/m0/s1. The zero-order valence-electron chi connectivity index (χ0n) is 17.6. The molecule has 0 saturated carbocycles. The molecular formula is C24H24FN3O3. The maximum atomic E-state index is 12.9. The molecule has 7 heteroatoms. The first-order chi connectivity index (χ1) is 14.8. The van der Waals surface area contributed by atoms with Gasteiger partial charge in [0.15, 0.2) is 6.10 Å². The van der Waals surface area contributed by atoms with Crippen molar-refractivity contribution in [1.29, 1.82) is 0 Å². The predicted molar refractivity (Wildman–Crippen MR) is 116 cm³/mol. The number of aromatic nitrogens is 2. The Morgan fingerprint density at radius 2 is 1.81 bits per heavy atom. The maximum Gasteiger partial charge on any atom is 0.331 e. The highest BCUT2D eigenvalue weighted by Crippen LogP contribution is 2.19. The summed E-state index contributed by atoms with van der Waals surface area (Å²) < 4.78 is 19.9. The smallest absolute Gasteiger partial charge is 0.331 e. The van der Waals surface area contributed by atoms with Gasteiger partial charge in [0, 0.05) is 23.9 Å². The van der Waals surface area contributed by atoms with E-state index in [-0.39, 0.29) is 12.4 Å². The molecule has 1 aromatic heterocycles. The molecule has 1 amide bonds. The van der Waals surface area contributed by atoms with Gasteiger partial charge < -0.3 is 10.1 Å². The molecule has 0 unspecified atom stereocenters. The highest BCUT2D eigenvalue weighted by Gasteiger charge is 2.17. The van der Waals surface area contributed by atoms with Crippen molar-refractivity contribution in [2.75, 3.05) is 0 Å². The summed E-state index contributed by atoms with van der Waals surface area (Å²) in [5.74, 6) is -1.41. The number of ether oxygens (including phenoxy) is 1. The van der Waals surface area contributed by atoms with Crippen LogP contribution in [-0.4, -0.2) is 27.8 Å². The number of carbonyl (C=O) groups excluding carboxylic acids is 2. The third kappa shape index (κ3) is 5.66. The third-order valence-corrected chi connectivity index (χ3v) is 4.78. The number of rotatable bonds is 7. The van der Waals surface area contributed by atoms with Gasteiger partial charge in [0.25, 0.3) is 5.91 Å². The predicted octanol–water partition coefficient (Wildman–Crippen LogP) is 3.89. The van der Waals surface area contributed by atoms with Crippen LogP contribution in [0.3, 0.4) is 0 Å². The molecule has 1 N–H and O–H groups in total. The lowest BCUT2D eigenvalue weighted by Gasteiger charge is -2.12. The zero-order valence-corrected chi connectivity index (χ0v) is 17.6. The number of nitrogens with zero attached hydrogens (tertiary/aromatic N) is 2. The summed E-state index contributed by atoms with van der Waals surface area (Å²) in [5.41, 5.74) is 4.15. The highest BCUT2D eigenvalue weighted by atomic mass is 19.1. The van der Waals surface area contributed by atoms with Gasteiger partial charge in [0.1, 0.15) is 5.82 Å². The fraction of sp³-hybridized carbons (Fsp3) is 0.208. The minimum Gasteiger partial charge on any atom is -0.449 e. The fourth-order valence-electron chi connectivity index (χ4n) is 3.07. The Kier molecular flexibility index (Phi) is 6.97. The SMILES string of the molecule is Cc1nn(-c2ccccc2)c(C)c1/C=C/C(=O)O[C@@H](C)C(=O)NCc1ccc(F)cc1. The van der Waals surface area contributed by atoms with Crippen LogP contribution in [0.15, 0.2) is 60.7 Å². The van der Waals surface area contributed by atoms with Crippen molar-refractivity contribution in [2.24, 2.45) is 0 Å². The van der Waals surface area contributed by atoms with E-state index in [1.807, 2.05) is 48.9 Å². The van der Waals surface area contributed by atoms with Crippen LogP contribution in [0.2, 0.25) is 0 Å². The average molecular weight is 421 g/mol. The molecule has 1 heterocycles. The molecule has 0 bridgehead atoms. The van der Waals surface area contributed by atoms with Gasteiger partial charge in [0.05, 0.1) is 11.4 Å². The molecule has 0 spiro atoms. The van der Waals surface area contributed by atoms with Crippen LogP contribution in [0, 0.1) is 19.7 Å². The first-order valence-corrected chi connectivity index (χ1v) is 9.87. The Morgan fingerprint density at radius 1 is 1.13 bits per heavy atom. The topological polar surface area (TPSA) is 73.2 Å². The molecule has 3 rings (SSSR count). The molecule has 0 fully saturated rings. The minimum atomic E-state index is -0.966. The Labute approximate surface area is 180 Å². The summed E-state index contributed by atoms with van der Waals surface area (Å²) in [4.78, 5) is 24.3. The molecule has 0 radical (unpaired) electrons. The van der Waals surface area contributed by atoms with Crippen molar-refractivity contribution in [1.82, 2.24) is 15.1 Å². The second-order valence-electron chi connectivity index (χ2n) is 7.09. The van der Waals surface area contributed by atoms with Crippen LogP contribution >= 0.6 is 0 Å². The third-order valence-electron chi connectivity index (χ3n) is 4.78. The van der Waals surface area contributed by atoms with Crippen molar-refractivity contribution in [3.05, 3.63) is 89.0 Å². The van der Waals surface area contributed by atoms with Gasteiger partial charge in [-0.3, -0.25) is 4.79 Å². The summed E-state index contributed by atoms with van der Waals surface area (Å²) in [5, 5.41) is 7.19. The molecular weight excluding hydrogens is 397 g/mol. The van der Waals surface area contributed by atoms with Gasteiger partial charge in [-0.1, -0.05) is 30.3 Å². The van der Waals surface area contributed by atoms with Gasteiger partial charge in [-0.05, 0) is 56.7 Å². The zero-order chi connectivity index (χ0) is 22.4. The molecule has 0 aliphatic heterocycles. The molecule has 3 aromatic rings. The highest BCUT2D eigenvalue weighted by molar-refractivity contribution is 5.90. The van der Waals surface area contributed by atoms with Crippen molar-refractivity contribution in [3.8, 4) is 5.69 Å². The van der Waals surface area contributed by atoms with Crippen molar-refractivity contribution in [2.45, 2.75) is 33.4 Å². The van der Waals surface area contributed by atoms with Crippen molar-refractivity contribution in [3.63, 3.8) is 0 Å². The van der Waals surface area contributed by atoms with E-state index in [4.69, 9.17) is 4.74 Å². The lowest BCUT2D eigenvalue weighted by Crippen LogP contribution is -2.35. The van der Waals surface area contributed by atoms with Gasteiger partial charge in [0.2, 0.25) is 0 Å². The van der Waals surface area contributed by atoms with E-state index in [1.165, 1.54) is 25.1 Å². The van der Waals surface area contributed by atoms with E-state index in [0.717, 1.165) is 28.2 Å². The Balaban J connectivity index is 1.58. The first kappa shape index (κ1) is 22.0. The molecule has 31 heavy (non-hydrogen) atoms. The van der Waals surface area contributed by atoms with Crippen LogP contribution in [0.1, 0.15) is 29.4 Å².